The molecular weight excluding hydrogens is 588 g/mol. The molecule has 3 heterocycles. The number of nitrogen functional groups attached to an aromatic ring is 1. The van der Waals surface area contributed by atoms with Gasteiger partial charge in [0.1, 0.15) is 5.82 Å². The highest BCUT2D eigenvalue weighted by Crippen LogP contribution is 2.28. The molecule has 2 fully saturated rings. The summed E-state index contributed by atoms with van der Waals surface area (Å²) in [4.78, 5) is 26.7. The van der Waals surface area contributed by atoms with E-state index in [1.165, 1.54) is 16.7 Å². The van der Waals surface area contributed by atoms with Gasteiger partial charge >= 0.3 is 0 Å². The summed E-state index contributed by atoms with van der Waals surface area (Å²) in [5.74, 6) is -0.0247. The van der Waals surface area contributed by atoms with E-state index in [1.54, 1.807) is 24.7 Å². The maximum absolute atomic E-state index is 13.3. The summed E-state index contributed by atoms with van der Waals surface area (Å²) in [5.41, 5.74) is 14.0. The van der Waals surface area contributed by atoms with E-state index >= 15 is 0 Å². The number of anilines is 1. The predicted octanol–water partition coefficient (Wildman–Crippen LogP) is 5.24. The number of carbonyl (C=O) groups is 1. The Hall–Kier alpha value is -4.15. The second-order valence-electron chi connectivity index (χ2n) is 12.9. The predicted molar refractivity (Wildman–Crippen MR) is 186 cm³/mol. The number of amides is 1. The number of nitrogens with two attached hydrogens (primary N) is 1. The van der Waals surface area contributed by atoms with Gasteiger partial charge in [-0.2, -0.15) is 0 Å². The Morgan fingerprint density at radius 1 is 0.957 bits per heavy atom. The highest BCUT2D eigenvalue weighted by molar-refractivity contribution is 5.99. The first-order chi connectivity index (χ1) is 22.9. The van der Waals surface area contributed by atoms with Gasteiger partial charge < -0.3 is 20.9 Å². The number of benzene rings is 2. The first kappa shape index (κ1) is 32.8. The number of ether oxygens (including phenoxy) is 1. The lowest BCUT2D eigenvalue weighted by atomic mass is 9.99. The smallest absolute Gasteiger partial charge is 0.255 e. The van der Waals surface area contributed by atoms with Gasteiger partial charge in [-0.3, -0.25) is 19.6 Å². The number of hydrogen-bond donors (Lipinski definition) is 3. The minimum atomic E-state index is -0.233. The van der Waals surface area contributed by atoms with Crippen LogP contribution in [0.4, 0.5) is 5.82 Å². The third kappa shape index (κ3) is 8.05. The van der Waals surface area contributed by atoms with Crippen LogP contribution < -0.4 is 11.1 Å². The van der Waals surface area contributed by atoms with Crippen molar-refractivity contribution in [2.45, 2.75) is 57.9 Å². The molecule has 0 spiro atoms. The fourth-order valence-corrected chi connectivity index (χ4v) is 6.74. The number of nitrogens with zero attached hydrogens (tertiary/aromatic N) is 4. The summed E-state index contributed by atoms with van der Waals surface area (Å²) in [6.07, 6.45) is 7.92. The van der Waals surface area contributed by atoms with Gasteiger partial charge in [0.05, 0.1) is 30.9 Å². The number of rotatable bonds is 11. The SMILES string of the molecule is Cc1cncc(-c2cnc(N)c(C(=O)N[C@H]3CCC[C@@H]3OCc3ccc(-c4ccc(C(C)N5CCN(CCO)CC5)cc4)cc3)c2)c1. The summed E-state index contributed by atoms with van der Waals surface area (Å²) in [6, 6.07) is 21.5. The van der Waals surface area contributed by atoms with Crippen molar-refractivity contribution < 1.29 is 14.6 Å². The van der Waals surface area contributed by atoms with E-state index < -0.39 is 0 Å². The van der Waals surface area contributed by atoms with Gasteiger partial charge in [-0.25, -0.2) is 4.98 Å². The molecule has 9 heteroatoms. The molecule has 4 N–H and O–H groups in total. The van der Waals surface area contributed by atoms with Crippen molar-refractivity contribution >= 4 is 11.7 Å². The average molecular weight is 635 g/mol. The number of nitrogens with one attached hydrogen (secondary N) is 1. The zero-order chi connectivity index (χ0) is 32.8. The highest BCUT2D eigenvalue weighted by atomic mass is 16.5. The number of carbonyl (C=O) groups excluding carboxylic acids is 1. The molecule has 2 aliphatic rings. The topological polar surface area (TPSA) is 117 Å². The van der Waals surface area contributed by atoms with Gasteiger partial charge in [-0.1, -0.05) is 48.5 Å². The molecule has 2 aromatic carbocycles. The zero-order valence-electron chi connectivity index (χ0n) is 27.4. The van der Waals surface area contributed by atoms with Crippen LogP contribution in [0.2, 0.25) is 0 Å². The van der Waals surface area contributed by atoms with Crippen molar-refractivity contribution in [3.05, 3.63) is 102 Å². The largest absolute Gasteiger partial charge is 0.395 e. The fraction of sp³-hybridized carbons (Fsp3) is 0.395. The minimum absolute atomic E-state index is 0.0656. The van der Waals surface area contributed by atoms with E-state index in [4.69, 9.17) is 10.5 Å². The molecule has 1 aliphatic heterocycles. The quantitative estimate of drug-likeness (QED) is 0.205. The van der Waals surface area contributed by atoms with Crippen LogP contribution >= 0.6 is 0 Å². The van der Waals surface area contributed by atoms with Crippen LogP contribution in [0.5, 0.6) is 0 Å². The molecule has 4 aromatic rings. The Labute approximate surface area is 277 Å². The van der Waals surface area contributed by atoms with Crippen molar-refractivity contribution in [3.63, 3.8) is 0 Å². The Kier molecular flexibility index (Phi) is 10.6. The highest BCUT2D eigenvalue weighted by Gasteiger charge is 2.30. The molecule has 1 saturated heterocycles. The molecule has 3 atom stereocenters. The Morgan fingerprint density at radius 3 is 2.36 bits per heavy atom. The average Bonchev–Trinajstić information content (AvgIpc) is 3.54. The number of aromatic nitrogens is 2. The van der Waals surface area contributed by atoms with E-state index in [2.05, 4.69) is 80.5 Å². The molecule has 1 saturated carbocycles. The van der Waals surface area contributed by atoms with E-state index in [0.29, 0.717) is 18.2 Å². The van der Waals surface area contributed by atoms with E-state index in [1.807, 2.05) is 13.0 Å². The number of aliphatic hydroxyl groups excluding tert-OH is 1. The summed E-state index contributed by atoms with van der Waals surface area (Å²) < 4.78 is 6.35. The Bertz CT molecular complexity index is 1640. The van der Waals surface area contributed by atoms with Crippen molar-refractivity contribution in [3.8, 4) is 22.3 Å². The molecule has 1 amide bonds. The van der Waals surface area contributed by atoms with E-state index in [-0.39, 0.29) is 30.5 Å². The molecule has 1 aliphatic carbocycles. The van der Waals surface area contributed by atoms with Gasteiger partial charge in [-0.05, 0) is 73.1 Å². The number of aryl methyl sites for hydroxylation is 1. The molecule has 1 unspecified atom stereocenters. The molecule has 2 aromatic heterocycles. The van der Waals surface area contributed by atoms with E-state index in [0.717, 1.165) is 74.2 Å². The van der Waals surface area contributed by atoms with E-state index in [9.17, 15) is 9.90 Å². The first-order valence-electron chi connectivity index (χ1n) is 16.7. The maximum Gasteiger partial charge on any atom is 0.255 e. The Morgan fingerprint density at radius 2 is 1.66 bits per heavy atom. The number of pyridine rings is 2. The van der Waals surface area contributed by atoms with Gasteiger partial charge in [0, 0.05) is 68.5 Å². The van der Waals surface area contributed by atoms with Crippen LogP contribution in [-0.2, 0) is 11.3 Å². The lowest BCUT2D eigenvalue weighted by molar-refractivity contribution is 0.0272. The third-order valence-electron chi connectivity index (χ3n) is 9.66. The number of aliphatic hydroxyl groups is 1. The first-order valence-corrected chi connectivity index (χ1v) is 16.7. The van der Waals surface area contributed by atoms with Crippen LogP contribution in [0.25, 0.3) is 22.3 Å². The third-order valence-corrected chi connectivity index (χ3v) is 9.66. The summed E-state index contributed by atoms with van der Waals surface area (Å²) in [7, 11) is 0. The van der Waals surface area contributed by atoms with Crippen LogP contribution in [0.15, 0.2) is 79.3 Å². The second-order valence-corrected chi connectivity index (χ2v) is 12.9. The number of piperazine rings is 1. The van der Waals surface area contributed by atoms with Crippen molar-refractivity contribution in [1.29, 1.82) is 0 Å². The Balaban J connectivity index is 1.02. The summed E-state index contributed by atoms with van der Waals surface area (Å²) >= 11 is 0. The van der Waals surface area contributed by atoms with Crippen LogP contribution in [0.1, 0.15) is 59.3 Å². The molecule has 0 bridgehead atoms. The summed E-state index contributed by atoms with van der Waals surface area (Å²) in [5, 5.41) is 12.4. The lowest BCUT2D eigenvalue weighted by Gasteiger charge is -2.38. The minimum Gasteiger partial charge on any atom is -0.395 e. The number of hydrogen-bond acceptors (Lipinski definition) is 8. The molecular formula is C38H46N6O3. The lowest BCUT2D eigenvalue weighted by Crippen LogP contribution is -2.47. The van der Waals surface area contributed by atoms with Crippen molar-refractivity contribution in [1.82, 2.24) is 25.1 Å². The molecule has 6 rings (SSSR count). The fourth-order valence-electron chi connectivity index (χ4n) is 6.74. The normalized spacial score (nSPS) is 19.5. The molecule has 47 heavy (non-hydrogen) atoms. The van der Waals surface area contributed by atoms with Crippen molar-refractivity contribution in [2.75, 3.05) is 45.1 Å². The molecule has 246 valence electrons. The number of β-amino-alcohol motifs (C(OH)–C–C–N with tert-alkyl or cyclic N) is 1. The van der Waals surface area contributed by atoms with Crippen LogP contribution in [0, 0.1) is 6.92 Å². The van der Waals surface area contributed by atoms with Crippen LogP contribution in [-0.4, -0.2) is 82.3 Å². The van der Waals surface area contributed by atoms with Gasteiger partial charge in [0.2, 0.25) is 0 Å². The van der Waals surface area contributed by atoms with Crippen molar-refractivity contribution in [2.24, 2.45) is 0 Å². The molecule has 9 nitrogen and oxygen atoms in total. The van der Waals surface area contributed by atoms with Gasteiger partial charge in [0.25, 0.3) is 5.91 Å². The second kappa shape index (κ2) is 15.2. The van der Waals surface area contributed by atoms with Gasteiger partial charge in [0.15, 0.2) is 0 Å². The molecule has 0 radical (unpaired) electrons. The van der Waals surface area contributed by atoms with Gasteiger partial charge in [-0.15, -0.1) is 0 Å². The van der Waals surface area contributed by atoms with Crippen LogP contribution in [0.3, 0.4) is 0 Å². The zero-order valence-corrected chi connectivity index (χ0v) is 27.4. The standard InChI is InChI=1S/C38H46N6O3/c1-26-20-32(23-40-22-26)33-21-34(37(39)41-24-33)38(46)42-35-4-3-5-36(35)47-25-28-6-8-30(9-7-28)31-12-10-29(11-13-31)27(2)44-16-14-43(15-17-44)18-19-45/h6-13,20-24,27,35-36,45H,3-5,14-19,25H2,1-2H3,(H2,39,41)(H,42,46)/t27?,35-,36-/m0/s1. The summed E-state index contributed by atoms with van der Waals surface area (Å²) in [6.45, 7) is 9.78. The monoisotopic (exact) mass is 634 g/mol. The maximum atomic E-state index is 13.3.